The zero-order valence-electron chi connectivity index (χ0n) is 16.0. The molecule has 0 bridgehead atoms. The normalized spacial score (nSPS) is 11.0. The van der Waals surface area contributed by atoms with Crippen molar-refractivity contribution in [3.63, 3.8) is 0 Å². The van der Waals surface area contributed by atoms with Crippen LogP contribution in [0.5, 0.6) is 0 Å². The topological polar surface area (TPSA) is 59.3 Å². The number of furan rings is 1. The molecule has 2 aromatic heterocycles. The summed E-state index contributed by atoms with van der Waals surface area (Å²) in [5.74, 6) is 0.687. The first-order chi connectivity index (χ1) is 15.0. The van der Waals surface area contributed by atoms with Crippen LogP contribution in [-0.2, 0) is 0 Å². The van der Waals surface area contributed by atoms with Crippen molar-refractivity contribution in [1.29, 1.82) is 0 Å². The molecule has 0 atom stereocenters. The Morgan fingerprint density at radius 1 is 0.935 bits per heavy atom. The van der Waals surface area contributed by atoms with Crippen LogP contribution in [0.4, 0.5) is 5.69 Å². The Kier molecular flexibility index (Phi) is 6.37. The fourth-order valence-electron chi connectivity index (χ4n) is 2.90. The SMILES string of the molecule is O=C(/C=C/c1ccc(-c2cc(Cl)cc(Cl)c2)o1)c1cccc(NC(=O)c2cccs2)c1. The van der Waals surface area contributed by atoms with Crippen molar-refractivity contribution in [1.82, 2.24) is 0 Å². The van der Waals surface area contributed by atoms with Gasteiger partial charge in [-0.1, -0.05) is 41.4 Å². The summed E-state index contributed by atoms with van der Waals surface area (Å²) in [5.41, 5.74) is 1.75. The van der Waals surface area contributed by atoms with Crippen molar-refractivity contribution in [3.05, 3.63) is 104 Å². The summed E-state index contributed by atoms with van der Waals surface area (Å²) in [4.78, 5) is 25.4. The summed E-state index contributed by atoms with van der Waals surface area (Å²) in [7, 11) is 0. The van der Waals surface area contributed by atoms with Gasteiger partial charge < -0.3 is 9.73 Å². The largest absolute Gasteiger partial charge is 0.457 e. The molecule has 154 valence electrons. The van der Waals surface area contributed by atoms with E-state index in [-0.39, 0.29) is 11.7 Å². The molecule has 7 heteroatoms. The lowest BCUT2D eigenvalue weighted by molar-refractivity contribution is 0.102. The predicted molar refractivity (Wildman–Crippen MR) is 126 cm³/mol. The van der Waals surface area contributed by atoms with Crippen molar-refractivity contribution >= 4 is 58.0 Å². The molecule has 0 unspecified atom stereocenters. The van der Waals surface area contributed by atoms with E-state index in [0.717, 1.165) is 5.56 Å². The van der Waals surface area contributed by atoms with Crippen molar-refractivity contribution in [2.45, 2.75) is 0 Å². The minimum absolute atomic E-state index is 0.209. The van der Waals surface area contributed by atoms with Crippen LogP contribution in [0.1, 0.15) is 25.8 Å². The molecule has 2 aromatic carbocycles. The molecule has 0 saturated heterocycles. The maximum absolute atomic E-state index is 12.6. The van der Waals surface area contributed by atoms with Gasteiger partial charge in [0.15, 0.2) is 5.78 Å². The highest BCUT2D eigenvalue weighted by molar-refractivity contribution is 7.12. The molecule has 0 fully saturated rings. The van der Waals surface area contributed by atoms with E-state index in [1.807, 2.05) is 11.4 Å². The highest BCUT2D eigenvalue weighted by Gasteiger charge is 2.10. The number of thiophene rings is 1. The molecule has 0 saturated carbocycles. The average molecular weight is 468 g/mol. The maximum atomic E-state index is 12.6. The monoisotopic (exact) mass is 467 g/mol. The predicted octanol–water partition coefficient (Wildman–Crippen LogP) is 7.46. The second-order valence-corrected chi connectivity index (χ2v) is 8.39. The fourth-order valence-corrected chi connectivity index (χ4v) is 4.04. The zero-order chi connectivity index (χ0) is 21.8. The number of hydrogen-bond donors (Lipinski definition) is 1. The second kappa shape index (κ2) is 9.35. The molecule has 1 N–H and O–H groups in total. The van der Waals surface area contributed by atoms with E-state index in [1.54, 1.807) is 66.7 Å². The van der Waals surface area contributed by atoms with Crippen LogP contribution >= 0.6 is 34.5 Å². The van der Waals surface area contributed by atoms with Crippen LogP contribution in [0.2, 0.25) is 10.0 Å². The number of hydrogen-bond acceptors (Lipinski definition) is 4. The molecular formula is C24H15Cl2NO3S. The molecule has 4 rings (SSSR count). The van der Waals surface area contributed by atoms with Gasteiger partial charge in [0.05, 0.1) is 4.88 Å². The summed E-state index contributed by atoms with van der Waals surface area (Å²) in [6.45, 7) is 0. The standard InChI is InChI=1S/C24H15Cl2NO3S/c25-17-11-16(12-18(26)14-17)22-9-7-20(30-22)6-8-21(28)15-3-1-4-19(13-15)27-24(29)23-5-2-10-31-23/h1-14H,(H,27,29)/b8-6+. The van der Waals surface area contributed by atoms with Gasteiger partial charge in [0, 0.05) is 26.9 Å². The van der Waals surface area contributed by atoms with Crippen LogP contribution in [0.15, 0.2) is 82.6 Å². The Labute approximate surface area is 192 Å². The van der Waals surface area contributed by atoms with E-state index in [1.165, 1.54) is 17.4 Å². The third-order valence-electron chi connectivity index (χ3n) is 4.32. The lowest BCUT2D eigenvalue weighted by Gasteiger charge is -2.05. The number of rotatable bonds is 6. The van der Waals surface area contributed by atoms with Gasteiger partial charge in [0.25, 0.3) is 5.91 Å². The molecular weight excluding hydrogens is 453 g/mol. The fraction of sp³-hybridized carbons (Fsp3) is 0. The number of ketones is 1. The molecule has 0 aliphatic carbocycles. The molecule has 4 nitrogen and oxygen atoms in total. The Morgan fingerprint density at radius 2 is 1.74 bits per heavy atom. The molecule has 31 heavy (non-hydrogen) atoms. The highest BCUT2D eigenvalue weighted by atomic mass is 35.5. The number of benzene rings is 2. The zero-order valence-corrected chi connectivity index (χ0v) is 18.3. The minimum Gasteiger partial charge on any atom is -0.457 e. The molecule has 0 spiro atoms. The van der Waals surface area contributed by atoms with Gasteiger partial charge in [-0.05, 0) is 66.1 Å². The number of anilines is 1. The lowest BCUT2D eigenvalue weighted by atomic mass is 10.1. The molecule has 0 radical (unpaired) electrons. The number of amides is 1. The van der Waals surface area contributed by atoms with Gasteiger partial charge in [-0.3, -0.25) is 9.59 Å². The summed E-state index contributed by atoms with van der Waals surface area (Å²) in [6, 6.07) is 19.0. The summed E-state index contributed by atoms with van der Waals surface area (Å²) in [6.07, 6.45) is 3.02. The van der Waals surface area contributed by atoms with E-state index >= 15 is 0 Å². The smallest absolute Gasteiger partial charge is 0.265 e. The number of allylic oxidation sites excluding steroid dienone is 1. The highest BCUT2D eigenvalue weighted by Crippen LogP contribution is 2.29. The van der Waals surface area contributed by atoms with Crippen molar-refractivity contribution in [3.8, 4) is 11.3 Å². The lowest BCUT2D eigenvalue weighted by Crippen LogP contribution is -2.10. The van der Waals surface area contributed by atoms with E-state index in [0.29, 0.717) is 37.7 Å². The first-order valence-corrected chi connectivity index (χ1v) is 10.8. The van der Waals surface area contributed by atoms with E-state index in [4.69, 9.17) is 27.6 Å². The summed E-state index contributed by atoms with van der Waals surface area (Å²) < 4.78 is 5.77. The summed E-state index contributed by atoms with van der Waals surface area (Å²) in [5, 5.41) is 5.66. The van der Waals surface area contributed by atoms with Crippen LogP contribution in [0, 0.1) is 0 Å². The van der Waals surface area contributed by atoms with Gasteiger partial charge in [-0.2, -0.15) is 0 Å². The molecule has 0 aliphatic heterocycles. The quantitative estimate of drug-likeness (QED) is 0.236. The van der Waals surface area contributed by atoms with Gasteiger partial charge in [0.1, 0.15) is 11.5 Å². The second-order valence-electron chi connectivity index (χ2n) is 6.57. The summed E-state index contributed by atoms with van der Waals surface area (Å²) >= 11 is 13.4. The van der Waals surface area contributed by atoms with E-state index in [9.17, 15) is 9.59 Å². The molecule has 0 aliphatic rings. The average Bonchev–Trinajstić information content (AvgIpc) is 3.44. The third kappa shape index (κ3) is 5.33. The van der Waals surface area contributed by atoms with Crippen molar-refractivity contribution in [2.75, 3.05) is 5.32 Å². The van der Waals surface area contributed by atoms with Gasteiger partial charge in [0.2, 0.25) is 0 Å². The molecule has 4 aromatic rings. The third-order valence-corrected chi connectivity index (χ3v) is 5.63. The van der Waals surface area contributed by atoms with Crippen molar-refractivity contribution < 1.29 is 14.0 Å². The number of halogens is 2. The Bertz CT molecular complexity index is 1260. The maximum Gasteiger partial charge on any atom is 0.265 e. The van der Waals surface area contributed by atoms with E-state index in [2.05, 4.69) is 5.32 Å². The van der Waals surface area contributed by atoms with Gasteiger partial charge in [-0.25, -0.2) is 0 Å². The molecule has 2 heterocycles. The Morgan fingerprint density at radius 3 is 2.48 bits per heavy atom. The van der Waals surface area contributed by atoms with Crippen LogP contribution in [0.3, 0.4) is 0 Å². The van der Waals surface area contributed by atoms with Gasteiger partial charge in [-0.15, -0.1) is 11.3 Å². The van der Waals surface area contributed by atoms with Crippen LogP contribution in [0.25, 0.3) is 17.4 Å². The minimum atomic E-state index is -0.212. The van der Waals surface area contributed by atoms with Gasteiger partial charge >= 0.3 is 0 Å². The molecule has 1 amide bonds. The van der Waals surface area contributed by atoms with Crippen LogP contribution < -0.4 is 5.32 Å². The van der Waals surface area contributed by atoms with Crippen LogP contribution in [-0.4, -0.2) is 11.7 Å². The first kappa shape index (κ1) is 21.1. The number of carbonyl (C=O) groups is 2. The number of nitrogens with one attached hydrogen (secondary N) is 1. The first-order valence-electron chi connectivity index (χ1n) is 9.21. The van der Waals surface area contributed by atoms with E-state index < -0.39 is 0 Å². The number of carbonyl (C=O) groups excluding carboxylic acids is 2. The van der Waals surface area contributed by atoms with Crippen molar-refractivity contribution in [2.24, 2.45) is 0 Å². The Hall–Kier alpha value is -3.12. The Balaban J connectivity index is 1.46.